The van der Waals surface area contributed by atoms with Crippen LogP contribution in [0.25, 0.3) is 0 Å². The highest BCUT2D eigenvalue weighted by atomic mass is 16.5. The third-order valence-electron chi connectivity index (χ3n) is 3.52. The second kappa shape index (κ2) is 7.89. The van der Waals surface area contributed by atoms with Crippen molar-refractivity contribution in [1.82, 2.24) is 9.97 Å². The quantitative estimate of drug-likeness (QED) is 0.688. The first-order valence-corrected chi connectivity index (χ1v) is 7.78. The zero-order valence-electron chi connectivity index (χ0n) is 14.0. The van der Waals surface area contributed by atoms with Crippen molar-refractivity contribution < 1.29 is 14.3 Å². The normalized spacial score (nSPS) is 10.0. The van der Waals surface area contributed by atoms with E-state index in [1.807, 2.05) is 0 Å². The molecule has 3 rings (SSSR count). The Labute approximate surface area is 150 Å². The first-order chi connectivity index (χ1) is 12.7. The zero-order chi connectivity index (χ0) is 18.4. The summed E-state index contributed by atoms with van der Waals surface area (Å²) >= 11 is 0. The van der Waals surface area contributed by atoms with E-state index in [0.717, 1.165) is 5.69 Å². The molecule has 0 unspecified atom stereocenters. The fraction of sp³-hybridized carbons (Fsp3) is 0.0526. The van der Waals surface area contributed by atoms with Gasteiger partial charge in [-0.1, -0.05) is 0 Å². The van der Waals surface area contributed by atoms with Crippen molar-refractivity contribution in [2.45, 2.75) is 0 Å². The SMILES string of the molecule is COC(=O)c1ccc(Nc2ccc(NC(=O)c3cccnc3)cn2)cc1. The van der Waals surface area contributed by atoms with E-state index >= 15 is 0 Å². The highest BCUT2D eigenvalue weighted by Crippen LogP contribution is 2.17. The van der Waals surface area contributed by atoms with Crippen LogP contribution in [0.5, 0.6) is 0 Å². The maximum Gasteiger partial charge on any atom is 0.337 e. The average molecular weight is 348 g/mol. The molecule has 1 aromatic carbocycles. The summed E-state index contributed by atoms with van der Waals surface area (Å²) in [6, 6.07) is 13.7. The Morgan fingerprint density at radius 3 is 2.31 bits per heavy atom. The predicted octanol–water partition coefficient (Wildman–Crippen LogP) is 3.26. The molecule has 7 heteroatoms. The molecule has 0 atom stereocenters. The number of esters is 1. The standard InChI is InChI=1S/C19H16N4O3/c1-26-19(25)13-4-6-15(7-5-13)22-17-9-8-16(12-21-17)23-18(24)14-3-2-10-20-11-14/h2-12H,1H3,(H,21,22)(H,23,24). The fourth-order valence-electron chi connectivity index (χ4n) is 2.20. The number of hydrogen-bond donors (Lipinski definition) is 2. The smallest absolute Gasteiger partial charge is 0.337 e. The Morgan fingerprint density at radius 2 is 1.69 bits per heavy atom. The van der Waals surface area contributed by atoms with Gasteiger partial charge in [-0.05, 0) is 48.5 Å². The molecule has 0 radical (unpaired) electrons. The van der Waals surface area contributed by atoms with E-state index in [0.29, 0.717) is 22.6 Å². The first-order valence-electron chi connectivity index (χ1n) is 7.78. The summed E-state index contributed by atoms with van der Waals surface area (Å²) < 4.78 is 4.66. The molecule has 0 fully saturated rings. The van der Waals surface area contributed by atoms with E-state index in [9.17, 15) is 9.59 Å². The van der Waals surface area contributed by atoms with Crippen molar-refractivity contribution in [2.75, 3.05) is 17.7 Å². The van der Waals surface area contributed by atoms with E-state index in [-0.39, 0.29) is 11.9 Å². The summed E-state index contributed by atoms with van der Waals surface area (Å²) in [6.07, 6.45) is 4.66. The number of aromatic nitrogens is 2. The van der Waals surface area contributed by atoms with Crippen molar-refractivity contribution >= 4 is 29.1 Å². The maximum absolute atomic E-state index is 12.1. The number of pyridine rings is 2. The molecule has 3 aromatic rings. The number of rotatable bonds is 5. The number of carbonyl (C=O) groups is 2. The minimum Gasteiger partial charge on any atom is -0.465 e. The van der Waals surface area contributed by atoms with Crippen molar-refractivity contribution in [3.05, 3.63) is 78.2 Å². The van der Waals surface area contributed by atoms with Gasteiger partial charge in [-0.3, -0.25) is 9.78 Å². The Kier molecular flexibility index (Phi) is 5.19. The lowest BCUT2D eigenvalue weighted by Crippen LogP contribution is -2.12. The van der Waals surface area contributed by atoms with Crippen LogP contribution >= 0.6 is 0 Å². The van der Waals surface area contributed by atoms with Crippen LogP contribution in [0, 0.1) is 0 Å². The van der Waals surface area contributed by atoms with Gasteiger partial charge in [0.2, 0.25) is 0 Å². The maximum atomic E-state index is 12.1. The summed E-state index contributed by atoms with van der Waals surface area (Å²) in [6.45, 7) is 0. The highest BCUT2D eigenvalue weighted by Gasteiger charge is 2.07. The molecule has 26 heavy (non-hydrogen) atoms. The Balaban J connectivity index is 1.62. The van der Waals surface area contributed by atoms with E-state index < -0.39 is 0 Å². The molecule has 0 spiro atoms. The molecular formula is C19H16N4O3. The third-order valence-corrected chi connectivity index (χ3v) is 3.52. The predicted molar refractivity (Wildman–Crippen MR) is 97.5 cm³/mol. The molecule has 0 saturated carbocycles. The Morgan fingerprint density at radius 1 is 0.923 bits per heavy atom. The molecular weight excluding hydrogens is 332 g/mol. The van der Waals surface area contributed by atoms with Crippen LogP contribution in [0.4, 0.5) is 17.2 Å². The molecule has 2 aromatic heterocycles. The fourth-order valence-corrected chi connectivity index (χ4v) is 2.20. The average Bonchev–Trinajstić information content (AvgIpc) is 2.70. The number of ether oxygens (including phenoxy) is 1. The molecule has 0 aliphatic carbocycles. The summed E-state index contributed by atoms with van der Waals surface area (Å²) in [7, 11) is 1.34. The van der Waals surface area contributed by atoms with Gasteiger partial charge in [0, 0.05) is 18.1 Å². The van der Waals surface area contributed by atoms with Gasteiger partial charge in [-0.2, -0.15) is 0 Å². The molecule has 7 nitrogen and oxygen atoms in total. The lowest BCUT2D eigenvalue weighted by atomic mass is 10.2. The monoisotopic (exact) mass is 348 g/mol. The highest BCUT2D eigenvalue weighted by molar-refractivity contribution is 6.03. The molecule has 0 aliphatic rings. The molecule has 2 N–H and O–H groups in total. The van der Waals surface area contributed by atoms with Crippen LogP contribution in [-0.2, 0) is 4.74 Å². The topological polar surface area (TPSA) is 93.2 Å². The Hall–Kier alpha value is -3.74. The van der Waals surface area contributed by atoms with Gasteiger partial charge in [0.25, 0.3) is 5.91 Å². The number of benzene rings is 1. The molecule has 0 bridgehead atoms. The van der Waals surface area contributed by atoms with Gasteiger partial charge in [-0.15, -0.1) is 0 Å². The molecule has 0 saturated heterocycles. The number of carbonyl (C=O) groups excluding carboxylic acids is 2. The van der Waals surface area contributed by atoms with Crippen molar-refractivity contribution in [3.8, 4) is 0 Å². The third kappa shape index (κ3) is 4.21. The molecule has 1 amide bonds. The number of amides is 1. The summed E-state index contributed by atoms with van der Waals surface area (Å²) in [5.74, 6) is -0.0300. The van der Waals surface area contributed by atoms with E-state index in [4.69, 9.17) is 0 Å². The second-order valence-electron chi connectivity index (χ2n) is 5.32. The van der Waals surface area contributed by atoms with E-state index in [1.54, 1.807) is 60.9 Å². The molecule has 130 valence electrons. The van der Waals surface area contributed by atoms with E-state index in [1.165, 1.54) is 13.3 Å². The van der Waals surface area contributed by atoms with Crippen molar-refractivity contribution in [2.24, 2.45) is 0 Å². The molecule has 2 heterocycles. The van der Waals surface area contributed by atoms with Crippen LogP contribution in [0.1, 0.15) is 20.7 Å². The van der Waals surface area contributed by atoms with Gasteiger partial charge in [-0.25, -0.2) is 9.78 Å². The van der Waals surface area contributed by atoms with Crippen LogP contribution < -0.4 is 10.6 Å². The van der Waals surface area contributed by atoms with E-state index in [2.05, 4.69) is 25.3 Å². The van der Waals surface area contributed by atoms with Crippen molar-refractivity contribution in [1.29, 1.82) is 0 Å². The lowest BCUT2D eigenvalue weighted by Gasteiger charge is -2.08. The summed E-state index contributed by atoms with van der Waals surface area (Å²) in [5.41, 5.74) is 2.29. The lowest BCUT2D eigenvalue weighted by molar-refractivity contribution is 0.0600. The minimum absolute atomic E-state index is 0.251. The van der Waals surface area contributed by atoms with Crippen LogP contribution in [0.2, 0.25) is 0 Å². The number of nitrogens with zero attached hydrogens (tertiary/aromatic N) is 2. The number of methoxy groups -OCH3 is 1. The largest absolute Gasteiger partial charge is 0.465 e. The number of anilines is 3. The van der Waals surface area contributed by atoms with Gasteiger partial charge in [0.1, 0.15) is 5.82 Å². The summed E-state index contributed by atoms with van der Waals surface area (Å²) in [5, 5.41) is 5.87. The Bertz CT molecular complexity index is 894. The summed E-state index contributed by atoms with van der Waals surface area (Å²) in [4.78, 5) is 31.7. The second-order valence-corrected chi connectivity index (χ2v) is 5.32. The van der Waals surface area contributed by atoms with Crippen LogP contribution in [-0.4, -0.2) is 29.0 Å². The van der Waals surface area contributed by atoms with Gasteiger partial charge >= 0.3 is 5.97 Å². The number of hydrogen-bond acceptors (Lipinski definition) is 6. The van der Waals surface area contributed by atoms with Gasteiger partial charge in [0.05, 0.1) is 30.1 Å². The van der Waals surface area contributed by atoms with Crippen molar-refractivity contribution in [3.63, 3.8) is 0 Å². The van der Waals surface area contributed by atoms with Gasteiger partial charge < -0.3 is 15.4 Å². The number of nitrogens with one attached hydrogen (secondary N) is 2. The van der Waals surface area contributed by atoms with Crippen LogP contribution in [0.3, 0.4) is 0 Å². The minimum atomic E-state index is -0.386. The molecule has 0 aliphatic heterocycles. The zero-order valence-corrected chi connectivity index (χ0v) is 14.0. The van der Waals surface area contributed by atoms with Gasteiger partial charge in [0.15, 0.2) is 0 Å². The van der Waals surface area contributed by atoms with Crippen LogP contribution in [0.15, 0.2) is 67.1 Å². The first kappa shape index (κ1) is 17.1.